The van der Waals surface area contributed by atoms with Crippen molar-refractivity contribution in [2.45, 2.75) is 19.2 Å². The van der Waals surface area contributed by atoms with Crippen LogP contribution in [-0.4, -0.2) is 11.3 Å². The lowest BCUT2D eigenvalue weighted by Gasteiger charge is -2.10. The summed E-state index contributed by atoms with van der Waals surface area (Å²) in [4.78, 5) is 0. The van der Waals surface area contributed by atoms with Crippen molar-refractivity contribution in [3.8, 4) is 0 Å². The molecule has 1 fully saturated rings. The van der Waals surface area contributed by atoms with Crippen LogP contribution >= 0.6 is 11.8 Å². The standard InChI is InChI=1S/C5H12N2S/c1-4(2)5-7-6-3-8-5/h4-7H,3H2,1-2H3. The minimum atomic E-state index is 0.620. The number of rotatable bonds is 1. The maximum atomic E-state index is 3.17. The fraction of sp³-hybridized carbons (Fsp3) is 1.00. The van der Waals surface area contributed by atoms with Crippen LogP contribution in [0.25, 0.3) is 0 Å². The molecule has 1 aliphatic heterocycles. The largest absolute Gasteiger partial charge is 0.247 e. The van der Waals surface area contributed by atoms with Crippen LogP contribution in [0.1, 0.15) is 13.8 Å². The maximum Gasteiger partial charge on any atom is 0.0702 e. The highest BCUT2D eigenvalue weighted by molar-refractivity contribution is 8.00. The van der Waals surface area contributed by atoms with E-state index < -0.39 is 0 Å². The third-order valence-corrected chi connectivity index (χ3v) is 2.52. The molecule has 48 valence electrons. The van der Waals surface area contributed by atoms with Crippen molar-refractivity contribution in [1.29, 1.82) is 0 Å². The summed E-state index contributed by atoms with van der Waals surface area (Å²) in [6.07, 6.45) is 0. The fourth-order valence-electron chi connectivity index (χ4n) is 0.674. The van der Waals surface area contributed by atoms with Gasteiger partial charge in [0.15, 0.2) is 0 Å². The van der Waals surface area contributed by atoms with E-state index in [2.05, 4.69) is 24.7 Å². The zero-order valence-corrected chi connectivity index (χ0v) is 6.09. The van der Waals surface area contributed by atoms with Crippen molar-refractivity contribution >= 4 is 11.8 Å². The first-order valence-electron chi connectivity index (χ1n) is 2.90. The lowest BCUT2D eigenvalue weighted by atomic mass is 10.2. The predicted molar refractivity (Wildman–Crippen MR) is 37.4 cm³/mol. The Bertz CT molecular complexity index is 68.8. The summed E-state index contributed by atoms with van der Waals surface area (Å²) in [6, 6.07) is 0. The van der Waals surface area contributed by atoms with Crippen LogP contribution in [-0.2, 0) is 0 Å². The first-order valence-corrected chi connectivity index (χ1v) is 3.95. The average molecular weight is 132 g/mol. The Kier molecular flexibility index (Phi) is 2.16. The summed E-state index contributed by atoms with van der Waals surface area (Å²) in [7, 11) is 0. The second-order valence-corrected chi connectivity index (χ2v) is 3.43. The molecule has 1 unspecified atom stereocenters. The summed E-state index contributed by atoms with van der Waals surface area (Å²) < 4.78 is 0. The van der Waals surface area contributed by atoms with E-state index in [0.717, 1.165) is 11.8 Å². The third-order valence-electron chi connectivity index (χ3n) is 1.18. The molecule has 1 rings (SSSR count). The maximum absolute atomic E-state index is 3.17. The molecule has 0 aliphatic carbocycles. The molecule has 2 N–H and O–H groups in total. The molecule has 0 saturated carbocycles. The van der Waals surface area contributed by atoms with E-state index in [4.69, 9.17) is 0 Å². The molecule has 1 saturated heterocycles. The van der Waals surface area contributed by atoms with Crippen molar-refractivity contribution in [3.05, 3.63) is 0 Å². The number of thioether (sulfide) groups is 1. The molecule has 0 aromatic heterocycles. The van der Waals surface area contributed by atoms with Gasteiger partial charge in [-0.1, -0.05) is 13.8 Å². The van der Waals surface area contributed by atoms with Crippen LogP contribution in [0.2, 0.25) is 0 Å². The number of hydrazine groups is 1. The van der Waals surface area contributed by atoms with Gasteiger partial charge in [0, 0.05) is 0 Å². The molecule has 0 aromatic carbocycles. The molecule has 0 aromatic rings. The van der Waals surface area contributed by atoms with Crippen LogP contribution in [0.3, 0.4) is 0 Å². The molecule has 3 heteroatoms. The Morgan fingerprint density at radius 1 is 1.62 bits per heavy atom. The van der Waals surface area contributed by atoms with Gasteiger partial charge >= 0.3 is 0 Å². The zero-order valence-electron chi connectivity index (χ0n) is 5.27. The van der Waals surface area contributed by atoms with Gasteiger partial charge in [0.05, 0.1) is 11.3 Å². The third kappa shape index (κ3) is 1.37. The molecule has 0 amide bonds. The fourth-order valence-corrected chi connectivity index (χ4v) is 1.57. The first kappa shape index (κ1) is 6.39. The minimum absolute atomic E-state index is 0.620. The van der Waals surface area contributed by atoms with Crippen LogP contribution < -0.4 is 10.9 Å². The summed E-state index contributed by atoms with van der Waals surface area (Å²) in [5, 5.41) is 0.620. The smallest absolute Gasteiger partial charge is 0.0702 e. The monoisotopic (exact) mass is 132 g/mol. The normalized spacial score (nSPS) is 29.6. The molecule has 0 radical (unpaired) electrons. The second kappa shape index (κ2) is 2.71. The average Bonchev–Trinajstić information content (AvgIpc) is 2.12. The minimum Gasteiger partial charge on any atom is -0.247 e. The van der Waals surface area contributed by atoms with Crippen LogP contribution in [0.5, 0.6) is 0 Å². The van der Waals surface area contributed by atoms with Gasteiger partial charge in [-0.3, -0.25) is 0 Å². The van der Waals surface area contributed by atoms with Gasteiger partial charge in [0.25, 0.3) is 0 Å². The first-order chi connectivity index (χ1) is 3.80. The highest BCUT2D eigenvalue weighted by Gasteiger charge is 2.16. The van der Waals surface area contributed by atoms with Crippen molar-refractivity contribution < 1.29 is 0 Å². The van der Waals surface area contributed by atoms with E-state index in [0.29, 0.717) is 5.37 Å². The quantitative estimate of drug-likeness (QED) is 0.551. The van der Waals surface area contributed by atoms with Gasteiger partial charge in [-0.25, -0.2) is 10.9 Å². The summed E-state index contributed by atoms with van der Waals surface area (Å²) >= 11 is 1.93. The molecule has 1 atom stereocenters. The highest BCUT2D eigenvalue weighted by Crippen LogP contribution is 2.17. The SMILES string of the molecule is CC(C)C1NNCS1. The number of nitrogens with one attached hydrogen (secondary N) is 2. The van der Waals surface area contributed by atoms with E-state index in [1.165, 1.54) is 0 Å². The molecule has 1 aliphatic rings. The van der Waals surface area contributed by atoms with Crippen LogP contribution in [0, 0.1) is 5.92 Å². The Balaban J connectivity index is 2.24. The second-order valence-electron chi connectivity index (χ2n) is 2.30. The van der Waals surface area contributed by atoms with Gasteiger partial charge in [-0.2, -0.15) is 0 Å². The van der Waals surface area contributed by atoms with Gasteiger partial charge in [0.1, 0.15) is 0 Å². The molecule has 0 spiro atoms. The Labute approximate surface area is 54.4 Å². The van der Waals surface area contributed by atoms with Gasteiger partial charge in [-0.15, -0.1) is 11.8 Å². The van der Waals surface area contributed by atoms with Gasteiger partial charge in [-0.05, 0) is 5.92 Å². The number of hydrogen-bond acceptors (Lipinski definition) is 3. The zero-order chi connectivity index (χ0) is 5.98. The van der Waals surface area contributed by atoms with Gasteiger partial charge < -0.3 is 0 Å². The lowest BCUT2D eigenvalue weighted by Crippen LogP contribution is -2.32. The summed E-state index contributed by atoms with van der Waals surface area (Å²) in [5.74, 6) is 1.78. The Morgan fingerprint density at radius 2 is 2.38 bits per heavy atom. The lowest BCUT2D eigenvalue weighted by molar-refractivity contribution is 0.489. The molecule has 1 heterocycles. The van der Waals surface area contributed by atoms with Crippen molar-refractivity contribution in [2.24, 2.45) is 5.92 Å². The molecular weight excluding hydrogens is 120 g/mol. The van der Waals surface area contributed by atoms with Crippen molar-refractivity contribution in [1.82, 2.24) is 10.9 Å². The Morgan fingerprint density at radius 3 is 2.62 bits per heavy atom. The van der Waals surface area contributed by atoms with Gasteiger partial charge in [0.2, 0.25) is 0 Å². The van der Waals surface area contributed by atoms with Crippen molar-refractivity contribution in [2.75, 3.05) is 5.88 Å². The summed E-state index contributed by atoms with van der Waals surface area (Å²) in [5.41, 5.74) is 6.24. The van der Waals surface area contributed by atoms with E-state index in [1.54, 1.807) is 0 Å². The molecule has 8 heavy (non-hydrogen) atoms. The Hall–Kier alpha value is 0.270. The number of hydrogen-bond donors (Lipinski definition) is 2. The summed E-state index contributed by atoms with van der Waals surface area (Å²) in [6.45, 7) is 4.44. The van der Waals surface area contributed by atoms with Crippen LogP contribution in [0.15, 0.2) is 0 Å². The van der Waals surface area contributed by atoms with Crippen LogP contribution in [0.4, 0.5) is 0 Å². The van der Waals surface area contributed by atoms with E-state index >= 15 is 0 Å². The predicted octanol–water partition coefficient (Wildman–Crippen LogP) is 0.767. The van der Waals surface area contributed by atoms with E-state index in [1.807, 2.05) is 11.8 Å². The molecule has 2 nitrogen and oxygen atoms in total. The molecular formula is C5H12N2S. The van der Waals surface area contributed by atoms with Crippen molar-refractivity contribution in [3.63, 3.8) is 0 Å². The molecule has 0 bridgehead atoms. The van der Waals surface area contributed by atoms with E-state index in [-0.39, 0.29) is 0 Å². The van der Waals surface area contributed by atoms with E-state index in [9.17, 15) is 0 Å². The topological polar surface area (TPSA) is 24.1 Å². The highest BCUT2D eigenvalue weighted by atomic mass is 32.2.